The molecule has 0 bridgehead atoms. The second-order valence-corrected chi connectivity index (χ2v) is 13.8. The molecule has 0 radical (unpaired) electrons. The van der Waals surface area contributed by atoms with Crippen molar-refractivity contribution in [3.63, 3.8) is 0 Å². The van der Waals surface area contributed by atoms with E-state index in [2.05, 4.69) is 0 Å². The van der Waals surface area contributed by atoms with Crippen molar-refractivity contribution in [1.29, 1.82) is 0 Å². The smallest absolute Gasteiger partial charge is 0.327 e. The van der Waals surface area contributed by atoms with E-state index in [1.54, 1.807) is 0 Å². The molecule has 148 valence electrons. The van der Waals surface area contributed by atoms with E-state index in [4.69, 9.17) is 27.1 Å². The van der Waals surface area contributed by atoms with Gasteiger partial charge in [0.25, 0.3) is 0 Å². The number of hydrogen-bond acceptors (Lipinski definition) is 9. The van der Waals surface area contributed by atoms with Gasteiger partial charge in [0.1, 0.15) is 26.4 Å². The molecule has 2 rings (SSSR count). The fraction of sp³-hybridized carbons (Fsp3) is 1.00. The van der Waals surface area contributed by atoms with Crippen LogP contribution in [0.4, 0.5) is 0 Å². The Morgan fingerprint density at radius 2 is 1.16 bits per heavy atom. The lowest BCUT2D eigenvalue weighted by Crippen LogP contribution is -2.41. The summed E-state index contributed by atoms with van der Waals surface area (Å²) in [6, 6.07) is 0. The lowest BCUT2D eigenvalue weighted by atomic mass is 9.95. The third-order valence-electron chi connectivity index (χ3n) is 3.89. The Balaban J connectivity index is 1.79. The predicted molar refractivity (Wildman–Crippen MR) is 91.1 cm³/mol. The molecule has 25 heavy (non-hydrogen) atoms. The van der Waals surface area contributed by atoms with Gasteiger partial charge in [0.15, 0.2) is 0 Å². The van der Waals surface area contributed by atoms with Crippen LogP contribution in [0.3, 0.4) is 0 Å². The standard InChI is InChI=1S/C13H27O9P3/c1-12(6-17-23(3,14)18-7-12)10-21-25(5,16)22-11-13(2)8-19-24(4,15)20-9-13/h6-11H2,1-5H3. The van der Waals surface area contributed by atoms with Crippen molar-refractivity contribution in [2.24, 2.45) is 10.8 Å². The van der Waals surface area contributed by atoms with Crippen molar-refractivity contribution < 1.29 is 41.5 Å². The van der Waals surface area contributed by atoms with Crippen LogP contribution in [0.5, 0.6) is 0 Å². The fourth-order valence-electron chi connectivity index (χ4n) is 2.00. The molecular formula is C13H27O9P3. The van der Waals surface area contributed by atoms with Crippen LogP contribution in [-0.4, -0.2) is 59.6 Å². The second kappa shape index (κ2) is 7.65. The minimum absolute atomic E-state index is 0.0780. The largest absolute Gasteiger partial charge is 0.632 e. The van der Waals surface area contributed by atoms with Gasteiger partial charge in [-0.05, 0) is 0 Å². The van der Waals surface area contributed by atoms with Gasteiger partial charge in [-0.15, -0.1) is 0 Å². The minimum Gasteiger partial charge on any atom is -0.632 e. The van der Waals surface area contributed by atoms with Gasteiger partial charge in [-0.1, -0.05) is 13.8 Å². The molecule has 2 aliphatic heterocycles. The maximum Gasteiger partial charge on any atom is 0.327 e. The normalized spacial score (nSPS) is 45.1. The molecule has 12 heteroatoms. The lowest BCUT2D eigenvalue weighted by molar-refractivity contribution is -0.233. The molecule has 0 amide bonds. The second-order valence-electron chi connectivity index (χ2n) is 7.58. The number of hydrogen-bond donors (Lipinski definition) is 0. The first-order valence-electron chi connectivity index (χ1n) is 7.84. The summed E-state index contributed by atoms with van der Waals surface area (Å²) in [6.45, 7) is 8.75. The highest BCUT2D eigenvalue weighted by molar-refractivity contribution is 7.58. The van der Waals surface area contributed by atoms with Gasteiger partial charge in [0.2, 0.25) is 15.9 Å². The maximum absolute atomic E-state index is 12.5. The van der Waals surface area contributed by atoms with Gasteiger partial charge < -0.3 is 18.8 Å². The van der Waals surface area contributed by atoms with E-state index in [1.165, 1.54) is 20.0 Å². The van der Waals surface area contributed by atoms with Crippen molar-refractivity contribution >= 4 is 23.5 Å². The van der Waals surface area contributed by atoms with Gasteiger partial charge in [0.05, 0.1) is 26.5 Å². The molecule has 2 aliphatic rings. The van der Waals surface area contributed by atoms with Crippen molar-refractivity contribution in [3.05, 3.63) is 0 Å². The van der Waals surface area contributed by atoms with Gasteiger partial charge in [-0.3, -0.25) is 4.57 Å². The van der Waals surface area contributed by atoms with E-state index in [0.29, 0.717) is 0 Å². The van der Waals surface area contributed by atoms with Crippen LogP contribution >= 0.6 is 23.5 Å². The van der Waals surface area contributed by atoms with Gasteiger partial charge in [0, 0.05) is 17.5 Å². The number of rotatable bonds is 6. The summed E-state index contributed by atoms with van der Waals surface area (Å²) < 4.78 is 44.3. The fourth-order valence-corrected chi connectivity index (χ4v) is 5.50. The summed E-state index contributed by atoms with van der Waals surface area (Å²) in [5.41, 5.74) is -1.12. The van der Waals surface area contributed by atoms with Crippen molar-refractivity contribution in [2.45, 2.75) is 13.8 Å². The summed E-state index contributed by atoms with van der Waals surface area (Å²) in [6.07, 6.45) is 0. The van der Waals surface area contributed by atoms with Crippen LogP contribution in [0.1, 0.15) is 13.8 Å². The van der Waals surface area contributed by atoms with Gasteiger partial charge in [-0.25, -0.2) is 18.1 Å². The molecule has 0 aromatic carbocycles. The van der Waals surface area contributed by atoms with E-state index >= 15 is 0 Å². The first-order chi connectivity index (χ1) is 11.2. The quantitative estimate of drug-likeness (QED) is 0.588. The molecule has 2 saturated heterocycles. The van der Waals surface area contributed by atoms with Crippen molar-refractivity contribution in [3.8, 4) is 0 Å². The van der Waals surface area contributed by atoms with Gasteiger partial charge >= 0.3 is 7.60 Å². The Morgan fingerprint density at radius 3 is 1.44 bits per heavy atom. The Morgan fingerprint density at radius 1 is 0.880 bits per heavy atom. The van der Waals surface area contributed by atoms with E-state index in [-0.39, 0.29) is 39.6 Å². The lowest BCUT2D eigenvalue weighted by Gasteiger charge is -2.39. The van der Waals surface area contributed by atoms with Crippen LogP contribution in [-0.2, 0) is 31.7 Å². The highest BCUT2D eigenvalue weighted by Gasteiger charge is 2.43. The first kappa shape index (κ1) is 22.1. The van der Waals surface area contributed by atoms with Crippen molar-refractivity contribution in [1.82, 2.24) is 0 Å². The molecule has 2 heterocycles. The van der Waals surface area contributed by atoms with E-state index in [0.717, 1.165) is 0 Å². The summed E-state index contributed by atoms with van der Waals surface area (Å²) in [4.78, 5) is 23.3. The zero-order valence-electron chi connectivity index (χ0n) is 15.3. The zero-order valence-corrected chi connectivity index (χ0v) is 17.9. The molecule has 9 nitrogen and oxygen atoms in total. The monoisotopic (exact) mass is 420 g/mol. The summed E-state index contributed by atoms with van der Waals surface area (Å²) in [5, 5.41) is 0. The van der Waals surface area contributed by atoms with E-state index in [1.807, 2.05) is 13.8 Å². The predicted octanol–water partition coefficient (Wildman–Crippen LogP) is 1.45. The average Bonchev–Trinajstić information content (AvgIpc) is 2.51. The zero-order chi connectivity index (χ0) is 19.0. The molecule has 0 aliphatic carbocycles. The van der Waals surface area contributed by atoms with Crippen LogP contribution in [0.25, 0.3) is 0 Å². The highest BCUT2D eigenvalue weighted by Crippen LogP contribution is 2.56. The third-order valence-corrected chi connectivity index (χ3v) is 7.47. The van der Waals surface area contributed by atoms with Crippen LogP contribution in [0.2, 0.25) is 0 Å². The Kier molecular flexibility index (Phi) is 6.75. The molecule has 0 saturated carbocycles. The maximum atomic E-state index is 12.5. The Labute approximate surface area is 150 Å². The van der Waals surface area contributed by atoms with Crippen LogP contribution in [0.15, 0.2) is 0 Å². The highest BCUT2D eigenvalue weighted by atomic mass is 31.2. The summed E-state index contributed by atoms with van der Waals surface area (Å²) >= 11 is 0. The topological polar surface area (TPSA) is 119 Å². The Hall–Kier alpha value is 0.770. The Bertz CT molecular complexity index is 463. The molecule has 0 unspecified atom stereocenters. The van der Waals surface area contributed by atoms with Crippen LogP contribution < -0.4 is 9.79 Å². The van der Waals surface area contributed by atoms with Gasteiger partial charge in [-0.2, -0.15) is 0 Å². The average molecular weight is 420 g/mol. The minimum atomic E-state index is -3.34. The first-order valence-corrected chi connectivity index (χ1v) is 13.8. The SMILES string of the molecule is CC1(COP(C)(=O)OCC2(C)CO[P+](C)([O-])OC2)CO[P+](C)([O-])OC1. The summed E-state index contributed by atoms with van der Waals surface area (Å²) in [5.74, 6) is 0. The molecule has 0 spiro atoms. The molecular weight excluding hydrogens is 393 g/mol. The van der Waals surface area contributed by atoms with E-state index < -0.39 is 34.3 Å². The molecule has 0 aromatic heterocycles. The van der Waals surface area contributed by atoms with E-state index in [9.17, 15) is 14.4 Å². The molecule has 2 fully saturated rings. The van der Waals surface area contributed by atoms with Crippen molar-refractivity contribution in [2.75, 3.05) is 59.6 Å². The summed E-state index contributed by atoms with van der Waals surface area (Å²) in [7, 11) is -9.31. The third kappa shape index (κ3) is 7.02. The molecule has 0 atom stereocenters. The molecule has 0 aromatic rings. The molecule has 0 N–H and O–H groups in total. The van der Waals surface area contributed by atoms with Crippen LogP contribution in [0, 0.1) is 10.8 Å².